The van der Waals surface area contributed by atoms with Crippen molar-refractivity contribution in [2.24, 2.45) is 5.92 Å². The summed E-state index contributed by atoms with van der Waals surface area (Å²) in [5.74, 6) is -0.376. The molecule has 25 heavy (non-hydrogen) atoms. The lowest BCUT2D eigenvalue weighted by atomic mass is 10.1. The van der Waals surface area contributed by atoms with Crippen molar-refractivity contribution in [3.8, 4) is 0 Å². The van der Waals surface area contributed by atoms with Crippen LogP contribution in [-0.4, -0.2) is 23.3 Å². The molecule has 2 aromatic carbocycles. The average molecular weight is 357 g/mol. The number of likely N-dealkylation sites (tertiary alicyclic amines) is 1. The second kappa shape index (κ2) is 7.70. The molecule has 2 aromatic rings. The largest absolute Gasteiger partial charge is 0.352 e. The van der Waals surface area contributed by atoms with Crippen LogP contribution in [0.3, 0.4) is 0 Å². The van der Waals surface area contributed by atoms with Gasteiger partial charge in [-0.05, 0) is 24.1 Å². The number of nitrogens with one attached hydrogen (secondary N) is 1. The average Bonchev–Trinajstić information content (AvgIpc) is 2.97. The summed E-state index contributed by atoms with van der Waals surface area (Å²) in [5, 5.41) is 3.52. The predicted molar refractivity (Wildman–Crippen MR) is 98.0 cm³/mol. The molecule has 0 aromatic heterocycles. The van der Waals surface area contributed by atoms with Crippen LogP contribution in [0.5, 0.6) is 0 Å². The highest BCUT2D eigenvalue weighted by molar-refractivity contribution is 6.31. The molecule has 0 aliphatic carbocycles. The molecule has 1 heterocycles. The minimum Gasteiger partial charge on any atom is -0.352 e. The van der Waals surface area contributed by atoms with Gasteiger partial charge >= 0.3 is 0 Å². The summed E-state index contributed by atoms with van der Waals surface area (Å²) < 4.78 is 0. The maximum absolute atomic E-state index is 12.4. The van der Waals surface area contributed by atoms with Crippen LogP contribution >= 0.6 is 11.6 Å². The van der Waals surface area contributed by atoms with E-state index >= 15 is 0 Å². The molecule has 130 valence electrons. The van der Waals surface area contributed by atoms with E-state index in [1.165, 1.54) is 5.56 Å². The zero-order valence-electron chi connectivity index (χ0n) is 14.2. The highest BCUT2D eigenvalue weighted by Gasteiger charge is 2.34. The van der Waals surface area contributed by atoms with E-state index in [4.69, 9.17) is 11.6 Å². The van der Waals surface area contributed by atoms with Crippen LogP contribution in [0.1, 0.15) is 23.1 Å². The minimum absolute atomic E-state index is 0.0264. The first-order valence-electron chi connectivity index (χ1n) is 8.37. The van der Waals surface area contributed by atoms with Crippen molar-refractivity contribution in [2.45, 2.75) is 26.4 Å². The molecule has 1 fully saturated rings. The van der Waals surface area contributed by atoms with Crippen molar-refractivity contribution in [1.29, 1.82) is 0 Å². The lowest BCUT2D eigenvalue weighted by molar-refractivity contribution is -0.129. The molecule has 0 radical (unpaired) electrons. The van der Waals surface area contributed by atoms with Crippen molar-refractivity contribution < 1.29 is 9.59 Å². The van der Waals surface area contributed by atoms with E-state index < -0.39 is 0 Å². The minimum atomic E-state index is -0.305. The first-order chi connectivity index (χ1) is 12.0. The SMILES string of the molecule is Cc1ccc(CN2CC(C(=O)NCc3ccccc3Cl)CC2=O)cc1. The van der Waals surface area contributed by atoms with Crippen LogP contribution in [0, 0.1) is 12.8 Å². The van der Waals surface area contributed by atoms with Crippen LogP contribution in [0.4, 0.5) is 0 Å². The number of carbonyl (C=O) groups excluding carboxylic acids is 2. The van der Waals surface area contributed by atoms with Crippen molar-refractivity contribution in [2.75, 3.05) is 6.54 Å². The number of benzene rings is 2. The molecule has 0 spiro atoms. The van der Waals surface area contributed by atoms with E-state index in [0.717, 1.165) is 11.1 Å². The maximum Gasteiger partial charge on any atom is 0.225 e. The van der Waals surface area contributed by atoms with Crippen molar-refractivity contribution in [3.05, 3.63) is 70.2 Å². The predicted octanol–water partition coefficient (Wildman–Crippen LogP) is 3.31. The summed E-state index contributed by atoms with van der Waals surface area (Å²) in [6.07, 6.45) is 0.264. The van der Waals surface area contributed by atoms with Crippen molar-refractivity contribution in [1.82, 2.24) is 10.2 Å². The number of hydrogen-bond acceptors (Lipinski definition) is 2. The molecule has 4 nitrogen and oxygen atoms in total. The number of halogens is 1. The molecular weight excluding hydrogens is 336 g/mol. The first kappa shape index (κ1) is 17.5. The van der Waals surface area contributed by atoms with Gasteiger partial charge in [-0.25, -0.2) is 0 Å². The Balaban J connectivity index is 1.55. The molecular formula is C20H21ClN2O2. The first-order valence-corrected chi connectivity index (χ1v) is 8.75. The zero-order chi connectivity index (χ0) is 17.8. The Kier molecular flexibility index (Phi) is 5.39. The van der Waals surface area contributed by atoms with Crippen LogP contribution in [0.2, 0.25) is 5.02 Å². The summed E-state index contributed by atoms with van der Waals surface area (Å²) in [5.41, 5.74) is 3.14. The van der Waals surface area contributed by atoms with Crippen molar-refractivity contribution >= 4 is 23.4 Å². The van der Waals surface area contributed by atoms with Gasteiger partial charge < -0.3 is 10.2 Å². The Labute approximate surface area is 152 Å². The van der Waals surface area contributed by atoms with Gasteiger partial charge in [0.05, 0.1) is 5.92 Å². The summed E-state index contributed by atoms with van der Waals surface area (Å²) >= 11 is 6.10. The molecule has 1 N–H and O–H groups in total. The number of aryl methyl sites for hydroxylation is 1. The van der Waals surface area contributed by atoms with Crippen LogP contribution in [-0.2, 0) is 22.7 Å². The number of rotatable bonds is 5. The van der Waals surface area contributed by atoms with Gasteiger partial charge in [-0.1, -0.05) is 59.6 Å². The van der Waals surface area contributed by atoms with E-state index in [1.807, 2.05) is 49.4 Å². The summed E-state index contributed by atoms with van der Waals surface area (Å²) in [4.78, 5) is 26.4. The quantitative estimate of drug-likeness (QED) is 0.893. The van der Waals surface area contributed by atoms with Gasteiger partial charge in [0.15, 0.2) is 0 Å². The van der Waals surface area contributed by atoms with Crippen molar-refractivity contribution in [3.63, 3.8) is 0 Å². The summed E-state index contributed by atoms with van der Waals surface area (Å²) in [6.45, 7) is 3.42. The van der Waals surface area contributed by atoms with Crippen LogP contribution < -0.4 is 5.32 Å². The second-order valence-corrected chi connectivity index (χ2v) is 6.88. The van der Waals surface area contributed by atoms with Crippen LogP contribution in [0.15, 0.2) is 48.5 Å². The number of nitrogens with zero attached hydrogens (tertiary/aromatic N) is 1. The third-order valence-corrected chi connectivity index (χ3v) is 4.86. The summed E-state index contributed by atoms with van der Waals surface area (Å²) in [7, 11) is 0. The lowest BCUT2D eigenvalue weighted by Gasteiger charge is -2.17. The van der Waals surface area contributed by atoms with Gasteiger partial charge in [-0.15, -0.1) is 0 Å². The fraction of sp³-hybridized carbons (Fsp3) is 0.300. The molecule has 2 amide bonds. The monoisotopic (exact) mass is 356 g/mol. The van der Waals surface area contributed by atoms with Crippen LogP contribution in [0.25, 0.3) is 0 Å². The van der Waals surface area contributed by atoms with E-state index in [9.17, 15) is 9.59 Å². The molecule has 1 aliphatic rings. The Morgan fingerprint density at radius 1 is 1.20 bits per heavy atom. The van der Waals surface area contributed by atoms with Gasteiger partial charge in [-0.3, -0.25) is 9.59 Å². The van der Waals surface area contributed by atoms with E-state index in [1.54, 1.807) is 11.0 Å². The second-order valence-electron chi connectivity index (χ2n) is 6.47. The molecule has 1 saturated heterocycles. The highest BCUT2D eigenvalue weighted by Crippen LogP contribution is 2.21. The molecule has 5 heteroatoms. The molecule has 1 aliphatic heterocycles. The summed E-state index contributed by atoms with van der Waals surface area (Å²) in [6, 6.07) is 15.5. The standard InChI is InChI=1S/C20H21ClN2O2/c1-14-6-8-15(9-7-14)12-23-13-17(10-19(23)24)20(25)22-11-16-4-2-3-5-18(16)21/h2-9,17H,10-13H2,1H3,(H,22,25). The smallest absolute Gasteiger partial charge is 0.225 e. The van der Waals surface area contributed by atoms with E-state index in [-0.39, 0.29) is 24.2 Å². The third kappa shape index (κ3) is 4.40. The Bertz CT molecular complexity index is 774. The van der Waals surface area contributed by atoms with Gasteiger partial charge in [0, 0.05) is 31.1 Å². The maximum atomic E-state index is 12.4. The number of amides is 2. The fourth-order valence-corrected chi connectivity index (χ4v) is 3.19. The molecule has 0 saturated carbocycles. The van der Waals surface area contributed by atoms with Gasteiger partial charge in [0.2, 0.25) is 11.8 Å². The fourth-order valence-electron chi connectivity index (χ4n) is 2.98. The van der Waals surface area contributed by atoms with E-state index in [2.05, 4.69) is 5.32 Å². The third-order valence-electron chi connectivity index (χ3n) is 4.49. The highest BCUT2D eigenvalue weighted by atomic mass is 35.5. The lowest BCUT2D eigenvalue weighted by Crippen LogP contribution is -2.32. The van der Waals surface area contributed by atoms with Gasteiger partial charge in [0.25, 0.3) is 0 Å². The van der Waals surface area contributed by atoms with Gasteiger partial charge in [0.1, 0.15) is 0 Å². The Morgan fingerprint density at radius 2 is 1.92 bits per heavy atom. The van der Waals surface area contributed by atoms with Gasteiger partial charge in [-0.2, -0.15) is 0 Å². The molecule has 3 rings (SSSR count). The Morgan fingerprint density at radius 3 is 2.64 bits per heavy atom. The molecule has 0 bridgehead atoms. The normalized spacial score (nSPS) is 17.0. The van der Waals surface area contributed by atoms with E-state index in [0.29, 0.717) is 24.7 Å². The topological polar surface area (TPSA) is 49.4 Å². The zero-order valence-corrected chi connectivity index (χ0v) is 14.9. The molecule has 1 atom stereocenters. The number of hydrogen-bond donors (Lipinski definition) is 1. The number of carbonyl (C=O) groups is 2. The Hall–Kier alpha value is -2.33. The molecule has 1 unspecified atom stereocenters.